The van der Waals surface area contributed by atoms with E-state index in [0.717, 1.165) is 23.1 Å². The van der Waals surface area contributed by atoms with Crippen molar-refractivity contribution in [2.24, 2.45) is 4.99 Å². The van der Waals surface area contributed by atoms with Crippen molar-refractivity contribution in [1.82, 2.24) is 5.32 Å². The van der Waals surface area contributed by atoms with Crippen molar-refractivity contribution in [3.8, 4) is 5.75 Å². The molecule has 0 aliphatic carbocycles. The summed E-state index contributed by atoms with van der Waals surface area (Å²) in [5.74, 6) is 0.955. The highest BCUT2D eigenvalue weighted by Crippen LogP contribution is 2.42. The summed E-state index contributed by atoms with van der Waals surface area (Å²) < 4.78 is 12.3. The Morgan fingerprint density at radius 1 is 0.902 bits per heavy atom. The first kappa shape index (κ1) is 28.1. The lowest BCUT2D eigenvalue weighted by atomic mass is 9.82. The van der Waals surface area contributed by atoms with Crippen LogP contribution in [0.3, 0.4) is 0 Å². The van der Waals surface area contributed by atoms with E-state index in [2.05, 4.69) is 36.5 Å². The summed E-state index contributed by atoms with van der Waals surface area (Å²) in [5, 5.41) is 12.2. The second-order valence-electron chi connectivity index (χ2n) is 10.4. The first-order chi connectivity index (χ1) is 20.1. The fourth-order valence-corrected chi connectivity index (χ4v) is 5.05. The van der Waals surface area contributed by atoms with E-state index in [1.165, 1.54) is 11.1 Å². The Hall–Kier alpha value is -4.42. The normalized spacial score (nSPS) is 17.9. The van der Waals surface area contributed by atoms with E-state index < -0.39 is 11.6 Å². The smallest absolute Gasteiger partial charge is 0.252 e. The average molecular weight is 549 g/mol. The van der Waals surface area contributed by atoms with Crippen molar-refractivity contribution in [1.29, 1.82) is 0 Å². The zero-order valence-electron chi connectivity index (χ0n) is 23.3. The number of nitrogens with zero attached hydrogens (tertiary/aromatic N) is 1. The molecule has 4 aromatic carbocycles. The molecule has 5 rings (SSSR count). The van der Waals surface area contributed by atoms with Crippen LogP contribution in [0.5, 0.6) is 5.75 Å². The summed E-state index contributed by atoms with van der Waals surface area (Å²) in [6, 6.07) is 35.7. The van der Waals surface area contributed by atoms with Gasteiger partial charge in [0.15, 0.2) is 11.6 Å². The molecule has 1 aliphatic heterocycles. The lowest BCUT2D eigenvalue weighted by Crippen LogP contribution is -2.50. The first-order valence-corrected chi connectivity index (χ1v) is 14.1. The fourth-order valence-electron chi connectivity index (χ4n) is 5.05. The third-order valence-electron chi connectivity index (χ3n) is 7.27. The van der Waals surface area contributed by atoms with Crippen LogP contribution < -0.4 is 10.1 Å². The van der Waals surface area contributed by atoms with Crippen LogP contribution in [0.2, 0.25) is 0 Å². The summed E-state index contributed by atoms with van der Waals surface area (Å²) in [6.45, 7) is 3.08. The molecule has 0 fully saturated rings. The number of aliphatic hydroxyl groups excluding tert-OH is 1. The Morgan fingerprint density at radius 2 is 1.59 bits per heavy atom. The van der Waals surface area contributed by atoms with E-state index >= 15 is 0 Å². The summed E-state index contributed by atoms with van der Waals surface area (Å²) in [4.78, 5) is 19.3. The van der Waals surface area contributed by atoms with Crippen LogP contribution in [0.4, 0.5) is 0 Å². The van der Waals surface area contributed by atoms with Gasteiger partial charge in [-0.15, -0.1) is 0 Å². The SMILES string of the molecule is Cc1ccc(CCNC(=O)[C@]2(Cc3ccccc3)N=C(c3ccc(OCCCO)cc3)O[C@@H]2c2ccccc2)cc1. The van der Waals surface area contributed by atoms with Gasteiger partial charge in [0, 0.05) is 31.6 Å². The maximum Gasteiger partial charge on any atom is 0.252 e. The Morgan fingerprint density at radius 3 is 2.27 bits per heavy atom. The summed E-state index contributed by atoms with van der Waals surface area (Å²) in [5.41, 5.74) is 3.83. The monoisotopic (exact) mass is 548 g/mol. The third-order valence-corrected chi connectivity index (χ3v) is 7.27. The number of ether oxygens (including phenoxy) is 2. The van der Waals surface area contributed by atoms with Gasteiger partial charge >= 0.3 is 0 Å². The standard InChI is InChI=1S/C35H36N2O4/c1-26-13-15-27(16-14-26)21-22-36-34(39)35(25-28-9-4-2-5-10-28)32(29-11-6-3-7-12-29)41-33(37-35)30-17-19-31(20-18-30)40-24-8-23-38/h2-7,9-20,32,38H,8,21-25H2,1H3,(H,36,39)/t32-,35-/m1/s1. The molecule has 210 valence electrons. The van der Waals surface area contributed by atoms with Gasteiger partial charge in [0.2, 0.25) is 5.90 Å². The van der Waals surface area contributed by atoms with Gasteiger partial charge in [0.25, 0.3) is 5.91 Å². The number of aliphatic hydroxyl groups is 1. The number of hydrogen-bond acceptors (Lipinski definition) is 5. The van der Waals surface area contributed by atoms with Crippen molar-refractivity contribution < 1.29 is 19.4 Å². The molecule has 6 heteroatoms. The Kier molecular flexibility index (Phi) is 9.12. The number of carbonyl (C=O) groups excluding carboxylic acids is 1. The summed E-state index contributed by atoms with van der Waals surface area (Å²) in [7, 11) is 0. The molecular formula is C35H36N2O4. The average Bonchev–Trinajstić information content (AvgIpc) is 3.40. The van der Waals surface area contributed by atoms with Crippen molar-refractivity contribution in [3.63, 3.8) is 0 Å². The van der Waals surface area contributed by atoms with Gasteiger partial charge in [-0.2, -0.15) is 0 Å². The van der Waals surface area contributed by atoms with Crippen LogP contribution in [0.15, 0.2) is 114 Å². The molecule has 4 aromatic rings. The van der Waals surface area contributed by atoms with Crippen LogP contribution in [0, 0.1) is 6.92 Å². The Bertz CT molecular complexity index is 1440. The number of carbonyl (C=O) groups is 1. The molecule has 41 heavy (non-hydrogen) atoms. The maximum absolute atomic E-state index is 14.2. The first-order valence-electron chi connectivity index (χ1n) is 14.1. The van der Waals surface area contributed by atoms with Crippen LogP contribution in [0.1, 0.15) is 40.3 Å². The molecule has 6 nitrogen and oxygen atoms in total. The van der Waals surface area contributed by atoms with E-state index in [9.17, 15) is 4.79 Å². The number of aliphatic imine (C=N–C) groups is 1. The predicted molar refractivity (Wildman–Crippen MR) is 161 cm³/mol. The molecule has 0 radical (unpaired) electrons. The second-order valence-corrected chi connectivity index (χ2v) is 10.4. The van der Waals surface area contributed by atoms with Crippen molar-refractivity contribution in [2.45, 2.75) is 37.8 Å². The van der Waals surface area contributed by atoms with E-state index in [1.807, 2.05) is 84.9 Å². The molecule has 0 unspecified atom stereocenters. The van der Waals surface area contributed by atoms with Gasteiger partial charge in [-0.1, -0.05) is 90.5 Å². The summed E-state index contributed by atoms with van der Waals surface area (Å²) >= 11 is 0. The minimum atomic E-state index is -1.21. The van der Waals surface area contributed by atoms with Gasteiger partial charge in [-0.3, -0.25) is 4.79 Å². The van der Waals surface area contributed by atoms with E-state index in [-0.39, 0.29) is 12.5 Å². The molecule has 2 atom stereocenters. The van der Waals surface area contributed by atoms with E-state index in [1.54, 1.807) is 0 Å². The highest BCUT2D eigenvalue weighted by molar-refractivity contribution is 6.01. The van der Waals surface area contributed by atoms with Crippen molar-refractivity contribution in [3.05, 3.63) is 137 Å². The number of amides is 1. The predicted octanol–water partition coefficient (Wildman–Crippen LogP) is 5.61. The Balaban J connectivity index is 1.47. The summed E-state index contributed by atoms with van der Waals surface area (Å²) in [6.07, 6.45) is 1.06. The van der Waals surface area contributed by atoms with Crippen LogP contribution in [-0.2, 0) is 22.4 Å². The quantitative estimate of drug-likeness (QED) is 0.226. The Labute approximate surface area is 241 Å². The van der Waals surface area contributed by atoms with Gasteiger partial charge in [0.05, 0.1) is 6.61 Å². The lowest BCUT2D eigenvalue weighted by Gasteiger charge is -2.31. The number of rotatable bonds is 12. The van der Waals surface area contributed by atoms with Crippen molar-refractivity contribution in [2.75, 3.05) is 19.8 Å². The zero-order chi connectivity index (χ0) is 28.5. The molecule has 2 N–H and O–H groups in total. The van der Waals surface area contributed by atoms with Crippen molar-refractivity contribution >= 4 is 11.8 Å². The maximum atomic E-state index is 14.2. The third kappa shape index (κ3) is 6.84. The van der Waals surface area contributed by atoms with E-state index in [0.29, 0.717) is 37.6 Å². The van der Waals surface area contributed by atoms with Gasteiger partial charge in [-0.25, -0.2) is 4.99 Å². The van der Waals surface area contributed by atoms with Crippen LogP contribution in [0.25, 0.3) is 0 Å². The topological polar surface area (TPSA) is 80.2 Å². The van der Waals surface area contributed by atoms with Crippen LogP contribution >= 0.6 is 0 Å². The molecule has 1 amide bonds. The molecule has 0 saturated carbocycles. The number of nitrogens with one attached hydrogen (secondary N) is 1. The van der Waals surface area contributed by atoms with E-state index in [4.69, 9.17) is 19.6 Å². The molecule has 1 heterocycles. The molecule has 0 aromatic heterocycles. The highest BCUT2D eigenvalue weighted by Gasteiger charge is 2.53. The lowest BCUT2D eigenvalue weighted by molar-refractivity contribution is -0.128. The zero-order valence-corrected chi connectivity index (χ0v) is 23.3. The second kappa shape index (κ2) is 13.3. The molecular weight excluding hydrogens is 512 g/mol. The minimum absolute atomic E-state index is 0.0835. The number of hydrogen-bond donors (Lipinski definition) is 2. The molecule has 0 saturated heterocycles. The van der Waals surface area contributed by atoms with Gasteiger partial charge < -0.3 is 19.9 Å². The molecule has 1 aliphatic rings. The molecule has 0 bridgehead atoms. The number of benzene rings is 4. The largest absolute Gasteiger partial charge is 0.494 e. The highest BCUT2D eigenvalue weighted by atomic mass is 16.5. The molecule has 0 spiro atoms. The van der Waals surface area contributed by atoms with Gasteiger partial charge in [-0.05, 0) is 54.3 Å². The minimum Gasteiger partial charge on any atom is -0.494 e. The van der Waals surface area contributed by atoms with Gasteiger partial charge in [0.1, 0.15) is 5.75 Å². The fraction of sp³-hybridized carbons (Fsp3) is 0.257. The van der Waals surface area contributed by atoms with Crippen LogP contribution in [-0.4, -0.2) is 42.2 Å². The number of aryl methyl sites for hydroxylation is 1.